The molecule has 0 heterocycles. The van der Waals surface area contributed by atoms with Crippen LogP contribution in [-0.4, -0.2) is 6.04 Å². The molecule has 1 atom stereocenters. The van der Waals surface area contributed by atoms with Crippen molar-refractivity contribution in [2.24, 2.45) is 17.7 Å². The van der Waals surface area contributed by atoms with Crippen molar-refractivity contribution in [2.45, 2.75) is 71.3 Å². The average Bonchev–Trinajstić information content (AvgIpc) is 2.29. The quantitative estimate of drug-likeness (QED) is 0.524. The summed E-state index contributed by atoms with van der Waals surface area (Å²) < 4.78 is 0. The van der Waals surface area contributed by atoms with Gasteiger partial charge in [-0.25, -0.2) is 0 Å². The molecule has 0 saturated heterocycles. The van der Waals surface area contributed by atoms with E-state index >= 15 is 0 Å². The number of rotatable bonds is 6. The van der Waals surface area contributed by atoms with Crippen LogP contribution in [0, 0.1) is 11.8 Å². The summed E-state index contributed by atoms with van der Waals surface area (Å²) in [5.74, 6) is 7.42. The van der Waals surface area contributed by atoms with Gasteiger partial charge < -0.3 is 0 Å². The largest absolute Gasteiger partial charge is 0.271 e. The van der Waals surface area contributed by atoms with Gasteiger partial charge in [0, 0.05) is 6.04 Å². The predicted octanol–water partition coefficient (Wildman–Crippen LogP) is 3.22. The summed E-state index contributed by atoms with van der Waals surface area (Å²) in [6.45, 7) is 4.52. The molecular weight excluding hydrogens is 184 g/mol. The Morgan fingerprint density at radius 1 is 1.20 bits per heavy atom. The first-order valence-corrected chi connectivity index (χ1v) is 6.77. The van der Waals surface area contributed by atoms with Crippen molar-refractivity contribution in [3.8, 4) is 0 Å². The van der Waals surface area contributed by atoms with Crippen LogP contribution in [0.15, 0.2) is 0 Å². The van der Waals surface area contributed by atoms with Gasteiger partial charge in [0.05, 0.1) is 0 Å². The second-order valence-corrected chi connectivity index (χ2v) is 5.10. The third-order valence-corrected chi connectivity index (χ3v) is 4.08. The van der Waals surface area contributed by atoms with E-state index in [0.717, 1.165) is 11.8 Å². The van der Waals surface area contributed by atoms with Gasteiger partial charge in [-0.15, -0.1) is 0 Å². The Balaban J connectivity index is 2.22. The van der Waals surface area contributed by atoms with Gasteiger partial charge in [0.25, 0.3) is 0 Å². The van der Waals surface area contributed by atoms with Crippen LogP contribution in [0.1, 0.15) is 65.2 Å². The third-order valence-electron chi connectivity index (χ3n) is 4.08. The first kappa shape index (κ1) is 13.0. The predicted molar refractivity (Wildman–Crippen MR) is 66.4 cm³/mol. The number of hydrogen-bond acceptors (Lipinski definition) is 2. The van der Waals surface area contributed by atoms with Gasteiger partial charge in [-0.05, 0) is 31.1 Å². The zero-order valence-electron chi connectivity index (χ0n) is 10.5. The normalized spacial score (nSPS) is 29.0. The van der Waals surface area contributed by atoms with Crippen LogP contribution in [0.2, 0.25) is 0 Å². The molecule has 0 aromatic heterocycles. The molecule has 1 aliphatic carbocycles. The van der Waals surface area contributed by atoms with E-state index in [2.05, 4.69) is 19.3 Å². The molecule has 0 amide bonds. The highest BCUT2D eigenvalue weighted by Gasteiger charge is 2.25. The average molecular weight is 212 g/mol. The second-order valence-electron chi connectivity index (χ2n) is 5.10. The number of nitrogens with one attached hydrogen (secondary N) is 1. The zero-order chi connectivity index (χ0) is 11.1. The lowest BCUT2D eigenvalue weighted by Gasteiger charge is -2.33. The van der Waals surface area contributed by atoms with Gasteiger partial charge in [0.2, 0.25) is 0 Å². The number of unbranched alkanes of at least 4 members (excludes halogenated alkanes) is 1. The van der Waals surface area contributed by atoms with Gasteiger partial charge in [-0.2, -0.15) is 0 Å². The van der Waals surface area contributed by atoms with E-state index in [0.29, 0.717) is 6.04 Å². The molecule has 0 bridgehead atoms. The summed E-state index contributed by atoms with van der Waals surface area (Å²) in [4.78, 5) is 0. The maximum Gasteiger partial charge on any atom is 0.0236 e. The molecule has 0 radical (unpaired) electrons. The van der Waals surface area contributed by atoms with Crippen molar-refractivity contribution in [2.75, 3.05) is 0 Å². The van der Waals surface area contributed by atoms with E-state index in [-0.39, 0.29) is 0 Å². The first-order valence-electron chi connectivity index (χ1n) is 6.77. The Morgan fingerprint density at radius 3 is 2.33 bits per heavy atom. The van der Waals surface area contributed by atoms with Crippen LogP contribution in [0.4, 0.5) is 0 Å². The SMILES string of the molecule is CCCCC1CCC(C(CC)NN)CC1. The minimum Gasteiger partial charge on any atom is -0.271 e. The van der Waals surface area contributed by atoms with Gasteiger partial charge in [-0.3, -0.25) is 11.3 Å². The molecule has 0 aromatic carbocycles. The lowest BCUT2D eigenvalue weighted by molar-refractivity contribution is 0.209. The second kappa shape index (κ2) is 7.24. The topological polar surface area (TPSA) is 38.0 Å². The van der Waals surface area contributed by atoms with Crippen LogP contribution >= 0.6 is 0 Å². The Kier molecular flexibility index (Phi) is 6.26. The van der Waals surface area contributed by atoms with Crippen molar-refractivity contribution in [3.05, 3.63) is 0 Å². The van der Waals surface area contributed by atoms with E-state index in [1.807, 2.05) is 0 Å². The Hall–Kier alpha value is -0.0800. The fraction of sp³-hybridized carbons (Fsp3) is 1.00. The van der Waals surface area contributed by atoms with Crippen molar-refractivity contribution < 1.29 is 0 Å². The van der Waals surface area contributed by atoms with E-state index in [1.54, 1.807) is 0 Å². The van der Waals surface area contributed by atoms with Crippen molar-refractivity contribution in [3.63, 3.8) is 0 Å². The molecule has 1 fully saturated rings. The molecular formula is C13H28N2. The Morgan fingerprint density at radius 2 is 1.87 bits per heavy atom. The smallest absolute Gasteiger partial charge is 0.0236 e. The lowest BCUT2D eigenvalue weighted by Crippen LogP contribution is -2.41. The minimum absolute atomic E-state index is 0.553. The van der Waals surface area contributed by atoms with Crippen LogP contribution in [0.25, 0.3) is 0 Å². The standard InChI is InChI=1S/C13H28N2/c1-3-5-6-11-7-9-12(10-8-11)13(4-2)15-14/h11-13,15H,3-10,14H2,1-2H3. The summed E-state index contributed by atoms with van der Waals surface area (Å²) in [5.41, 5.74) is 2.98. The molecule has 15 heavy (non-hydrogen) atoms. The van der Waals surface area contributed by atoms with E-state index < -0.39 is 0 Å². The van der Waals surface area contributed by atoms with Gasteiger partial charge in [0.15, 0.2) is 0 Å². The minimum atomic E-state index is 0.553. The highest BCUT2D eigenvalue weighted by molar-refractivity contribution is 4.79. The van der Waals surface area contributed by atoms with Crippen LogP contribution < -0.4 is 11.3 Å². The summed E-state index contributed by atoms with van der Waals surface area (Å²) >= 11 is 0. The summed E-state index contributed by atoms with van der Waals surface area (Å²) in [7, 11) is 0. The summed E-state index contributed by atoms with van der Waals surface area (Å²) in [6, 6.07) is 0.553. The molecule has 3 N–H and O–H groups in total. The van der Waals surface area contributed by atoms with Crippen LogP contribution in [0.3, 0.4) is 0 Å². The van der Waals surface area contributed by atoms with E-state index in [1.165, 1.54) is 51.4 Å². The summed E-state index contributed by atoms with van der Waals surface area (Å²) in [6.07, 6.45) is 11.0. The van der Waals surface area contributed by atoms with Crippen LogP contribution in [0.5, 0.6) is 0 Å². The Labute approximate surface area is 95.0 Å². The first-order chi connectivity index (χ1) is 7.31. The van der Waals surface area contributed by atoms with Crippen molar-refractivity contribution in [1.29, 1.82) is 0 Å². The number of hydrazine groups is 1. The zero-order valence-corrected chi connectivity index (χ0v) is 10.5. The third kappa shape index (κ3) is 4.12. The van der Waals surface area contributed by atoms with Gasteiger partial charge >= 0.3 is 0 Å². The molecule has 1 aliphatic rings. The molecule has 2 nitrogen and oxygen atoms in total. The maximum atomic E-state index is 5.58. The van der Waals surface area contributed by atoms with Crippen molar-refractivity contribution >= 4 is 0 Å². The molecule has 90 valence electrons. The number of nitrogens with two attached hydrogens (primary N) is 1. The summed E-state index contributed by atoms with van der Waals surface area (Å²) in [5, 5.41) is 0. The Bertz CT molecular complexity index is 147. The van der Waals surface area contributed by atoms with E-state index in [9.17, 15) is 0 Å². The number of hydrogen-bond donors (Lipinski definition) is 2. The van der Waals surface area contributed by atoms with E-state index in [4.69, 9.17) is 5.84 Å². The van der Waals surface area contributed by atoms with Crippen LogP contribution in [-0.2, 0) is 0 Å². The van der Waals surface area contributed by atoms with Gasteiger partial charge in [0.1, 0.15) is 0 Å². The lowest BCUT2D eigenvalue weighted by atomic mass is 9.76. The fourth-order valence-electron chi connectivity index (χ4n) is 2.96. The molecule has 1 saturated carbocycles. The molecule has 2 heteroatoms. The highest BCUT2D eigenvalue weighted by atomic mass is 15.2. The fourth-order valence-corrected chi connectivity index (χ4v) is 2.96. The molecule has 1 unspecified atom stereocenters. The molecule has 0 spiro atoms. The maximum absolute atomic E-state index is 5.58. The molecule has 0 aromatic rings. The monoisotopic (exact) mass is 212 g/mol. The van der Waals surface area contributed by atoms with Gasteiger partial charge in [-0.1, -0.05) is 46.0 Å². The molecule has 1 rings (SSSR count). The molecule has 0 aliphatic heterocycles. The highest BCUT2D eigenvalue weighted by Crippen LogP contribution is 2.33. The van der Waals surface area contributed by atoms with Crippen molar-refractivity contribution in [1.82, 2.24) is 5.43 Å².